The zero-order valence-corrected chi connectivity index (χ0v) is 15.5. The molecule has 0 spiro atoms. The number of fused-ring (bicyclic) bond motifs is 1. The molecule has 0 aliphatic carbocycles. The Morgan fingerprint density at radius 2 is 1.70 bits per heavy atom. The third-order valence-electron chi connectivity index (χ3n) is 4.93. The fraction of sp³-hybridized carbons (Fsp3) is 0.318. The van der Waals surface area contributed by atoms with Gasteiger partial charge in [0.1, 0.15) is 5.75 Å². The molecule has 1 saturated heterocycles. The molecule has 1 aliphatic rings. The predicted octanol–water partition coefficient (Wildman–Crippen LogP) is 4.08. The molecule has 2 aromatic carbocycles. The fourth-order valence-electron chi connectivity index (χ4n) is 3.43. The second-order valence-electron chi connectivity index (χ2n) is 6.91. The van der Waals surface area contributed by atoms with Crippen LogP contribution in [-0.4, -0.2) is 40.0 Å². The first-order valence-corrected chi connectivity index (χ1v) is 9.48. The molecule has 2 heterocycles. The smallest absolute Gasteiger partial charge is 0.263 e. The van der Waals surface area contributed by atoms with E-state index in [-0.39, 0.29) is 5.91 Å². The Balaban J connectivity index is 1.45. The summed E-state index contributed by atoms with van der Waals surface area (Å²) in [6, 6.07) is 15.5. The van der Waals surface area contributed by atoms with Gasteiger partial charge in [-0.3, -0.25) is 9.78 Å². The standard InChI is InChI=1S/C22H23N3O2/c1-16(22(26)25-13-5-2-6-14-25)27-18-11-9-17(10-12-18)21-15-23-19-7-3-4-8-20(19)24-21/h3-4,7-12,15-16H,2,5-6,13-14H2,1H3/t16-/m1/s1. The Bertz CT molecular complexity index is 934. The molecule has 1 amide bonds. The van der Waals surface area contributed by atoms with E-state index < -0.39 is 6.10 Å². The van der Waals surface area contributed by atoms with E-state index in [1.165, 1.54) is 6.42 Å². The lowest BCUT2D eigenvalue weighted by Crippen LogP contribution is -2.43. The number of rotatable bonds is 4. The Hall–Kier alpha value is -2.95. The summed E-state index contributed by atoms with van der Waals surface area (Å²) >= 11 is 0. The first kappa shape index (κ1) is 17.5. The van der Waals surface area contributed by atoms with E-state index in [0.717, 1.165) is 48.2 Å². The molecular weight excluding hydrogens is 338 g/mol. The zero-order chi connectivity index (χ0) is 18.6. The van der Waals surface area contributed by atoms with Gasteiger partial charge in [0.25, 0.3) is 5.91 Å². The summed E-state index contributed by atoms with van der Waals surface area (Å²) in [5, 5.41) is 0. The van der Waals surface area contributed by atoms with Crippen molar-refractivity contribution < 1.29 is 9.53 Å². The van der Waals surface area contributed by atoms with Crippen LogP contribution in [-0.2, 0) is 4.79 Å². The van der Waals surface area contributed by atoms with Gasteiger partial charge in [-0.1, -0.05) is 12.1 Å². The second-order valence-corrected chi connectivity index (χ2v) is 6.91. The lowest BCUT2D eigenvalue weighted by atomic mass is 10.1. The highest BCUT2D eigenvalue weighted by Gasteiger charge is 2.23. The van der Waals surface area contributed by atoms with Gasteiger partial charge in [0.2, 0.25) is 0 Å². The molecule has 3 aromatic rings. The number of carbonyl (C=O) groups excluding carboxylic acids is 1. The lowest BCUT2D eigenvalue weighted by molar-refractivity contribution is -0.138. The molecule has 27 heavy (non-hydrogen) atoms. The normalized spacial score (nSPS) is 15.5. The van der Waals surface area contributed by atoms with Gasteiger partial charge in [-0.25, -0.2) is 4.98 Å². The molecule has 0 radical (unpaired) electrons. The summed E-state index contributed by atoms with van der Waals surface area (Å²) in [7, 11) is 0. The van der Waals surface area contributed by atoms with Gasteiger partial charge in [-0.05, 0) is 62.6 Å². The molecule has 4 rings (SSSR count). The van der Waals surface area contributed by atoms with Crippen LogP contribution in [0.15, 0.2) is 54.7 Å². The van der Waals surface area contributed by atoms with Gasteiger partial charge < -0.3 is 9.64 Å². The van der Waals surface area contributed by atoms with E-state index in [1.54, 1.807) is 6.20 Å². The van der Waals surface area contributed by atoms with Crippen molar-refractivity contribution in [2.75, 3.05) is 13.1 Å². The maximum Gasteiger partial charge on any atom is 0.263 e. The number of carbonyl (C=O) groups is 1. The number of nitrogens with zero attached hydrogens (tertiary/aromatic N) is 3. The van der Waals surface area contributed by atoms with Crippen molar-refractivity contribution in [3.8, 4) is 17.0 Å². The highest BCUT2D eigenvalue weighted by molar-refractivity contribution is 5.81. The zero-order valence-electron chi connectivity index (χ0n) is 15.5. The molecule has 5 heteroatoms. The predicted molar refractivity (Wildman–Crippen MR) is 105 cm³/mol. The van der Waals surface area contributed by atoms with Crippen molar-refractivity contribution >= 4 is 16.9 Å². The average Bonchev–Trinajstić information content (AvgIpc) is 2.74. The first-order chi connectivity index (χ1) is 13.2. The van der Waals surface area contributed by atoms with Crippen molar-refractivity contribution in [1.82, 2.24) is 14.9 Å². The third kappa shape index (κ3) is 3.92. The van der Waals surface area contributed by atoms with E-state index in [9.17, 15) is 4.79 Å². The molecule has 0 bridgehead atoms. The van der Waals surface area contributed by atoms with Crippen molar-refractivity contribution in [2.45, 2.75) is 32.3 Å². The summed E-state index contributed by atoms with van der Waals surface area (Å²) in [6.45, 7) is 3.50. The van der Waals surface area contributed by atoms with E-state index in [1.807, 2.05) is 60.4 Å². The highest BCUT2D eigenvalue weighted by Crippen LogP contribution is 2.23. The maximum absolute atomic E-state index is 12.5. The summed E-state index contributed by atoms with van der Waals surface area (Å²) in [5.74, 6) is 0.754. The molecule has 0 saturated carbocycles. The third-order valence-corrected chi connectivity index (χ3v) is 4.93. The van der Waals surface area contributed by atoms with Crippen LogP contribution in [0.2, 0.25) is 0 Å². The molecule has 138 valence electrons. The van der Waals surface area contributed by atoms with Gasteiger partial charge in [0, 0.05) is 18.7 Å². The van der Waals surface area contributed by atoms with Crippen LogP contribution in [0.5, 0.6) is 5.75 Å². The SMILES string of the molecule is C[C@@H](Oc1ccc(-c2cnc3ccccc3n2)cc1)C(=O)N1CCCCC1. The van der Waals surface area contributed by atoms with E-state index in [4.69, 9.17) is 4.74 Å². The second kappa shape index (κ2) is 7.74. The van der Waals surface area contributed by atoms with Crippen LogP contribution in [0.3, 0.4) is 0 Å². The number of para-hydroxylation sites is 2. The number of amides is 1. The van der Waals surface area contributed by atoms with Gasteiger partial charge in [0.15, 0.2) is 6.10 Å². The van der Waals surface area contributed by atoms with Gasteiger partial charge in [-0.2, -0.15) is 0 Å². The van der Waals surface area contributed by atoms with Gasteiger partial charge in [0.05, 0.1) is 22.9 Å². The van der Waals surface area contributed by atoms with Crippen molar-refractivity contribution in [2.24, 2.45) is 0 Å². The molecule has 1 aliphatic heterocycles. The summed E-state index contributed by atoms with van der Waals surface area (Å²) in [4.78, 5) is 23.5. The number of hydrogen-bond donors (Lipinski definition) is 0. The summed E-state index contributed by atoms with van der Waals surface area (Å²) < 4.78 is 5.86. The maximum atomic E-state index is 12.5. The number of benzene rings is 2. The molecule has 5 nitrogen and oxygen atoms in total. The molecular formula is C22H23N3O2. The number of piperidine rings is 1. The molecule has 0 N–H and O–H groups in total. The van der Waals surface area contributed by atoms with Gasteiger partial charge >= 0.3 is 0 Å². The topological polar surface area (TPSA) is 55.3 Å². The molecule has 1 atom stereocenters. The van der Waals surface area contributed by atoms with Crippen molar-refractivity contribution in [3.63, 3.8) is 0 Å². The van der Waals surface area contributed by atoms with Crippen LogP contribution < -0.4 is 4.74 Å². The summed E-state index contributed by atoms with van der Waals surface area (Å²) in [6.07, 6.45) is 4.67. The van der Waals surface area contributed by atoms with Gasteiger partial charge in [-0.15, -0.1) is 0 Å². The Labute approximate surface area is 159 Å². The van der Waals surface area contributed by atoms with Crippen LogP contribution in [0.25, 0.3) is 22.3 Å². The lowest BCUT2D eigenvalue weighted by Gasteiger charge is -2.29. The Morgan fingerprint density at radius 3 is 2.44 bits per heavy atom. The highest BCUT2D eigenvalue weighted by atomic mass is 16.5. The first-order valence-electron chi connectivity index (χ1n) is 9.48. The van der Waals surface area contributed by atoms with Crippen molar-refractivity contribution in [3.05, 3.63) is 54.7 Å². The number of aromatic nitrogens is 2. The molecule has 0 unspecified atom stereocenters. The quantitative estimate of drug-likeness (QED) is 0.703. The van der Waals surface area contributed by atoms with E-state index in [2.05, 4.69) is 9.97 Å². The van der Waals surface area contributed by atoms with Crippen molar-refractivity contribution in [1.29, 1.82) is 0 Å². The van der Waals surface area contributed by atoms with Crippen LogP contribution in [0, 0.1) is 0 Å². The van der Waals surface area contributed by atoms with Crippen LogP contribution in [0.4, 0.5) is 0 Å². The summed E-state index contributed by atoms with van der Waals surface area (Å²) in [5.41, 5.74) is 3.54. The number of likely N-dealkylation sites (tertiary alicyclic amines) is 1. The van der Waals surface area contributed by atoms with E-state index in [0.29, 0.717) is 5.75 Å². The Kier molecular flexibility index (Phi) is 5.01. The Morgan fingerprint density at radius 1 is 1.00 bits per heavy atom. The number of hydrogen-bond acceptors (Lipinski definition) is 4. The molecule has 1 fully saturated rings. The minimum atomic E-state index is -0.477. The van der Waals surface area contributed by atoms with E-state index >= 15 is 0 Å². The van der Waals surface area contributed by atoms with Crippen LogP contribution in [0.1, 0.15) is 26.2 Å². The number of ether oxygens (including phenoxy) is 1. The largest absolute Gasteiger partial charge is 0.481 e. The monoisotopic (exact) mass is 361 g/mol. The minimum absolute atomic E-state index is 0.0687. The fourth-order valence-corrected chi connectivity index (χ4v) is 3.43. The minimum Gasteiger partial charge on any atom is -0.481 e. The van der Waals surface area contributed by atoms with Crippen LogP contribution >= 0.6 is 0 Å². The average molecular weight is 361 g/mol. The molecule has 1 aromatic heterocycles.